The minimum absolute atomic E-state index is 0.189. The van der Waals surface area contributed by atoms with Gasteiger partial charge in [-0.1, -0.05) is 0 Å². The topological polar surface area (TPSA) is 34.1 Å². The molecular weight excluding hydrogens is 291 g/mol. The van der Waals surface area contributed by atoms with Crippen LogP contribution >= 0.6 is 0 Å². The van der Waals surface area contributed by atoms with E-state index in [4.69, 9.17) is 4.74 Å². The molecule has 0 saturated carbocycles. The Morgan fingerprint density at radius 1 is 1.04 bits per heavy atom. The van der Waals surface area contributed by atoms with Crippen LogP contribution in [0.15, 0.2) is 36.4 Å². The summed E-state index contributed by atoms with van der Waals surface area (Å²) < 4.78 is 19.3. The zero-order chi connectivity index (χ0) is 16.6. The molecule has 1 aromatic heterocycles. The number of anilines is 2. The normalized spacial score (nSPS) is 10.8. The first-order valence-corrected chi connectivity index (χ1v) is 7.47. The molecule has 23 heavy (non-hydrogen) atoms. The maximum absolute atomic E-state index is 14.2. The molecule has 2 aromatic carbocycles. The average Bonchev–Trinajstić information content (AvgIpc) is 2.55. The highest BCUT2D eigenvalue weighted by Gasteiger charge is 2.12. The van der Waals surface area contributed by atoms with Gasteiger partial charge in [0.05, 0.1) is 12.6 Å². The Labute approximate surface area is 135 Å². The molecule has 3 aromatic rings. The van der Waals surface area contributed by atoms with Gasteiger partial charge >= 0.3 is 0 Å². The molecule has 0 saturated heterocycles. The minimum atomic E-state index is -0.189. The van der Waals surface area contributed by atoms with Crippen LogP contribution in [0.5, 0.6) is 5.75 Å². The second-order valence-electron chi connectivity index (χ2n) is 5.69. The molecule has 0 spiro atoms. The molecule has 0 aliphatic heterocycles. The van der Waals surface area contributed by atoms with Crippen molar-refractivity contribution in [3.63, 3.8) is 0 Å². The first-order chi connectivity index (χ1) is 11.0. The van der Waals surface area contributed by atoms with Gasteiger partial charge in [-0.15, -0.1) is 0 Å². The van der Waals surface area contributed by atoms with E-state index in [1.165, 1.54) is 0 Å². The molecule has 3 rings (SSSR count). The summed E-state index contributed by atoms with van der Waals surface area (Å²) in [4.78, 5) is 4.51. The number of hydrogen-bond acceptors (Lipinski definition) is 3. The van der Waals surface area contributed by atoms with E-state index in [9.17, 15) is 4.39 Å². The van der Waals surface area contributed by atoms with E-state index < -0.39 is 0 Å². The van der Waals surface area contributed by atoms with Crippen molar-refractivity contribution < 1.29 is 9.13 Å². The molecule has 118 valence electrons. The summed E-state index contributed by atoms with van der Waals surface area (Å²) in [7, 11) is 1.64. The van der Waals surface area contributed by atoms with Crippen molar-refractivity contribution in [3.8, 4) is 5.75 Å². The third-order valence-corrected chi connectivity index (χ3v) is 3.95. The summed E-state index contributed by atoms with van der Waals surface area (Å²) in [6.07, 6.45) is 0. The van der Waals surface area contributed by atoms with Crippen LogP contribution in [-0.2, 0) is 0 Å². The Kier molecular flexibility index (Phi) is 3.90. The van der Waals surface area contributed by atoms with Crippen LogP contribution in [-0.4, -0.2) is 12.1 Å². The molecule has 0 unspecified atom stereocenters. The Morgan fingerprint density at radius 2 is 1.74 bits per heavy atom. The molecular formula is C19H19FN2O. The van der Waals surface area contributed by atoms with Crippen molar-refractivity contribution in [2.45, 2.75) is 20.8 Å². The Hall–Kier alpha value is -2.62. The summed E-state index contributed by atoms with van der Waals surface area (Å²) in [5.41, 5.74) is 4.62. The van der Waals surface area contributed by atoms with E-state index >= 15 is 0 Å². The SMILES string of the molecule is COc1ccc(Nc2cc(C)nc3c(C)c(F)c(C)cc23)cc1. The number of methoxy groups -OCH3 is 1. The molecule has 0 atom stereocenters. The predicted octanol–water partition coefficient (Wildman–Crippen LogP) is 5.05. The number of ether oxygens (including phenoxy) is 1. The van der Waals surface area contributed by atoms with Gasteiger partial charge in [0.25, 0.3) is 0 Å². The zero-order valence-corrected chi connectivity index (χ0v) is 13.7. The highest BCUT2D eigenvalue weighted by molar-refractivity contribution is 5.95. The van der Waals surface area contributed by atoms with Crippen LogP contribution in [0.1, 0.15) is 16.8 Å². The number of nitrogens with one attached hydrogen (secondary N) is 1. The summed E-state index contributed by atoms with van der Waals surface area (Å²) in [6, 6.07) is 11.5. The van der Waals surface area contributed by atoms with Gasteiger partial charge in [0.2, 0.25) is 0 Å². The smallest absolute Gasteiger partial charge is 0.131 e. The van der Waals surface area contributed by atoms with E-state index in [2.05, 4.69) is 10.3 Å². The molecule has 1 N–H and O–H groups in total. The van der Waals surface area contributed by atoms with Crippen molar-refractivity contribution in [3.05, 3.63) is 59.0 Å². The minimum Gasteiger partial charge on any atom is -0.497 e. The largest absolute Gasteiger partial charge is 0.497 e. The van der Waals surface area contributed by atoms with Gasteiger partial charge in [0.15, 0.2) is 0 Å². The van der Waals surface area contributed by atoms with Crippen LogP contribution in [0.25, 0.3) is 10.9 Å². The van der Waals surface area contributed by atoms with Crippen molar-refractivity contribution in [1.82, 2.24) is 4.98 Å². The highest BCUT2D eigenvalue weighted by Crippen LogP contribution is 2.31. The fourth-order valence-electron chi connectivity index (χ4n) is 2.73. The standard InChI is InChI=1S/C19H19FN2O/c1-11-9-16-17(22-14-5-7-15(23-4)8-6-14)10-12(2)21-19(16)13(3)18(11)20/h5-10H,1-4H3,(H,21,22). The predicted molar refractivity (Wildman–Crippen MR) is 92.2 cm³/mol. The van der Waals surface area contributed by atoms with Gasteiger partial charge in [-0.25, -0.2) is 4.39 Å². The van der Waals surface area contributed by atoms with Crippen molar-refractivity contribution >= 4 is 22.3 Å². The number of rotatable bonds is 3. The van der Waals surface area contributed by atoms with Gasteiger partial charge in [-0.2, -0.15) is 0 Å². The maximum atomic E-state index is 14.2. The van der Waals surface area contributed by atoms with Gasteiger partial charge < -0.3 is 10.1 Å². The van der Waals surface area contributed by atoms with Crippen molar-refractivity contribution in [1.29, 1.82) is 0 Å². The summed E-state index contributed by atoms with van der Waals surface area (Å²) in [5.74, 6) is 0.617. The van der Waals surface area contributed by atoms with Gasteiger partial charge in [0, 0.05) is 28.0 Å². The van der Waals surface area contributed by atoms with Crippen LogP contribution in [0.4, 0.5) is 15.8 Å². The lowest BCUT2D eigenvalue weighted by Gasteiger charge is -2.14. The second-order valence-corrected chi connectivity index (χ2v) is 5.69. The lowest BCUT2D eigenvalue weighted by molar-refractivity contribution is 0.415. The van der Waals surface area contributed by atoms with Crippen LogP contribution in [0, 0.1) is 26.6 Å². The van der Waals surface area contributed by atoms with E-state index in [1.807, 2.05) is 43.3 Å². The fourth-order valence-corrected chi connectivity index (χ4v) is 2.73. The monoisotopic (exact) mass is 310 g/mol. The molecule has 0 aliphatic carbocycles. The average molecular weight is 310 g/mol. The molecule has 0 radical (unpaired) electrons. The lowest BCUT2D eigenvalue weighted by atomic mass is 10.0. The molecule has 4 heteroatoms. The molecule has 0 bridgehead atoms. The number of halogens is 1. The van der Waals surface area contributed by atoms with Gasteiger partial charge in [0.1, 0.15) is 11.6 Å². The van der Waals surface area contributed by atoms with E-state index in [0.29, 0.717) is 16.6 Å². The van der Waals surface area contributed by atoms with Crippen molar-refractivity contribution in [2.24, 2.45) is 0 Å². The number of nitrogens with zero attached hydrogens (tertiary/aromatic N) is 1. The molecule has 3 nitrogen and oxygen atoms in total. The summed E-state index contributed by atoms with van der Waals surface area (Å²) >= 11 is 0. The molecule has 0 fully saturated rings. The van der Waals surface area contributed by atoms with E-state index in [-0.39, 0.29) is 5.82 Å². The van der Waals surface area contributed by atoms with Crippen LogP contribution < -0.4 is 10.1 Å². The van der Waals surface area contributed by atoms with Crippen molar-refractivity contribution in [2.75, 3.05) is 12.4 Å². The fraction of sp³-hybridized carbons (Fsp3) is 0.211. The lowest BCUT2D eigenvalue weighted by Crippen LogP contribution is -1.99. The third-order valence-electron chi connectivity index (χ3n) is 3.95. The van der Waals surface area contributed by atoms with Gasteiger partial charge in [-0.3, -0.25) is 4.98 Å². The first kappa shape index (κ1) is 15.3. The second kappa shape index (κ2) is 5.88. The third kappa shape index (κ3) is 2.84. The van der Waals surface area contributed by atoms with E-state index in [1.54, 1.807) is 21.0 Å². The number of pyridine rings is 1. The molecule has 1 heterocycles. The first-order valence-electron chi connectivity index (χ1n) is 7.47. The van der Waals surface area contributed by atoms with Crippen LogP contribution in [0.2, 0.25) is 0 Å². The Balaban J connectivity index is 2.12. The molecule has 0 amide bonds. The van der Waals surface area contributed by atoms with E-state index in [0.717, 1.165) is 28.2 Å². The number of aryl methyl sites for hydroxylation is 3. The van der Waals surface area contributed by atoms with Crippen LogP contribution in [0.3, 0.4) is 0 Å². The number of hydrogen-bond donors (Lipinski definition) is 1. The zero-order valence-electron chi connectivity index (χ0n) is 13.7. The Bertz CT molecular complexity index is 873. The number of fused-ring (bicyclic) bond motifs is 1. The Morgan fingerprint density at radius 3 is 2.39 bits per heavy atom. The maximum Gasteiger partial charge on any atom is 0.131 e. The van der Waals surface area contributed by atoms with Gasteiger partial charge in [-0.05, 0) is 62.7 Å². The quantitative estimate of drug-likeness (QED) is 0.735. The number of aromatic nitrogens is 1. The summed E-state index contributed by atoms with van der Waals surface area (Å²) in [5, 5.41) is 4.31. The summed E-state index contributed by atoms with van der Waals surface area (Å²) in [6.45, 7) is 5.46. The highest BCUT2D eigenvalue weighted by atomic mass is 19.1. The molecule has 0 aliphatic rings. The number of benzene rings is 2.